The highest BCUT2D eigenvalue weighted by molar-refractivity contribution is 9.10. The van der Waals surface area contributed by atoms with Crippen LogP contribution in [0.4, 0.5) is 0 Å². The van der Waals surface area contributed by atoms with Crippen LogP contribution < -0.4 is 11.1 Å². The first kappa shape index (κ1) is 16.3. The third-order valence-electron chi connectivity index (χ3n) is 3.83. The van der Waals surface area contributed by atoms with E-state index in [0.717, 1.165) is 15.2 Å². The standard InChI is InChI=1S/C16H17BrN2O.ClH/c17-14-6-5-11-7-13(4-3-12(11)8-14)16(20)19-15(9-18)10-1-2-10;/h3-8,10,15H,1-2,9,18H2,(H,19,20);1H. The summed E-state index contributed by atoms with van der Waals surface area (Å²) < 4.78 is 1.04. The number of fused-ring (bicyclic) bond motifs is 1. The molecule has 0 saturated heterocycles. The van der Waals surface area contributed by atoms with Crippen molar-refractivity contribution in [1.82, 2.24) is 5.32 Å². The van der Waals surface area contributed by atoms with Crippen molar-refractivity contribution in [1.29, 1.82) is 0 Å². The number of halogens is 2. The topological polar surface area (TPSA) is 55.1 Å². The number of benzene rings is 2. The van der Waals surface area contributed by atoms with Gasteiger partial charge in [-0.05, 0) is 53.8 Å². The molecule has 21 heavy (non-hydrogen) atoms. The normalized spacial score (nSPS) is 15.3. The molecule has 1 atom stereocenters. The Hall–Kier alpha value is -1.10. The zero-order valence-electron chi connectivity index (χ0n) is 11.5. The average Bonchev–Trinajstić information content (AvgIpc) is 3.28. The van der Waals surface area contributed by atoms with Gasteiger partial charge in [-0.25, -0.2) is 0 Å². The first-order chi connectivity index (χ1) is 9.67. The molecular formula is C16H18BrClN2O. The smallest absolute Gasteiger partial charge is 0.251 e. The van der Waals surface area contributed by atoms with Gasteiger partial charge in [-0.1, -0.05) is 28.1 Å². The molecule has 2 aromatic rings. The lowest BCUT2D eigenvalue weighted by Gasteiger charge is -2.16. The van der Waals surface area contributed by atoms with Gasteiger partial charge in [-0.15, -0.1) is 12.4 Å². The van der Waals surface area contributed by atoms with Crippen molar-refractivity contribution < 1.29 is 4.79 Å². The number of nitrogens with two attached hydrogens (primary N) is 1. The first-order valence-electron chi connectivity index (χ1n) is 6.87. The molecule has 0 spiro atoms. The molecule has 3 N–H and O–H groups in total. The molecule has 0 aromatic heterocycles. The summed E-state index contributed by atoms with van der Waals surface area (Å²) in [6, 6.07) is 11.9. The van der Waals surface area contributed by atoms with E-state index in [1.807, 2.05) is 36.4 Å². The molecule has 1 unspecified atom stereocenters. The molecule has 0 bridgehead atoms. The maximum absolute atomic E-state index is 12.3. The quantitative estimate of drug-likeness (QED) is 0.867. The van der Waals surface area contributed by atoms with Crippen LogP contribution >= 0.6 is 28.3 Å². The van der Waals surface area contributed by atoms with Gasteiger partial charge in [0.2, 0.25) is 0 Å². The van der Waals surface area contributed by atoms with Gasteiger partial charge < -0.3 is 11.1 Å². The highest BCUT2D eigenvalue weighted by Gasteiger charge is 2.31. The summed E-state index contributed by atoms with van der Waals surface area (Å²) in [4.78, 5) is 12.3. The van der Waals surface area contributed by atoms with E-state index in [2.05, 4.69) is 21.2 Å². The van der Waals surface area contributed by atoms with Gasteiger partial charge in [0.15, 0.2) is 0 Å². The number of nitrogens with one attached hydrogen (secondary N) is 1. The molecule has 1 saturated carbocycles. The van der Waals surface area contributed by atoms with Gasteiger partial charge in [0.25, 0.3) is 5.91 Å². The first-order valence-corrected chi connectivity index (χ1v) is 7.67. The highest BCUT2D eigenvalue weighted by Crippen LogP contribution is 2.32. The maximum atomic E-state index is 12.3. The fourth-order valence-electron chi connectivity index (χ4n) is 2.48. The SMILES string of the molecule is Cl.NCC(NC(=O)c1ccc2cc(Br)ccc2c1)C1CC1. The summed E-state index contributed by atoms with van der Waals surface area (Å²) in [7, 11) is 0. The van der Waals surface area contributed by atoms with Gasteiger partial charge in [-0.3, -0.25) is 4.79 Å². The summed E-state index contributed by atoms with van der Waals surface area (Å²) >= 11 is 3.45. The fraction of sp³-hybridized carbons (Fsp3) is 0.312. The molecule has 1 fully saturated rings. The van der Waals surface area contributed by atoms with Crippen molar-refractivity contribution in [3.63, 3.8) is 0 Å². The molecule has 0 heterocycles. The van der Waals surface area contributed by atoms with E-state index in [1.54, 1.807) is 0 Å². The second-order valence-corrected chi connectivity index (χ2v) is 6.28. The lowest BCUT2D eigenvalue weighted by Crippen LogP contribution is -2.41. The Bertz CT molecular complexity index is 658. The number of carbonyl (C=O) groups excluding carboxylic acids is 1. The summed E-state index contributed by atoms with van der Waals surface area (Å²) in [5, 5.41) is 5.23. The largest absolute Gasteiger partial charge is 0.348 e. The van der Waals surface area contributed by atoms with Crippen LogP contribution in [0.25, 0.3) is 10.8 Å². The monoisotopic (exact) mass is 368 g/mol. The Morgan fingerprint density at radius 1 is 1.24 bits per heavy atom. The molecule has 112 valence electrons. The second-order valence-electron chi connectivity index (χ2n) is 5.36. The summed E-state index contributed by atoms with van der Waals surface area (Å²) in [6.07, 6.45) is 2.35. The molecular weight excluding hydrogens is 352 g/mol. The molecule has 1 amide bonds. The van der Waals surface area contributed by atoms with Gasteiger partial charge in [0.1, 0.15) is 0 Å². The summed E-state index contributed by atoms with van der Waals surface area (Å²) in [5.74, 6) is 0.539. The van der Waals surface area contributed by atoms with E-state index >= 15 is 0 Å². The molecule has 0 radical (unpaired) electrons. The van der Waals surface area contributed by atoms with Crippen LogP contribution in [0.15, 0.2) is 40.9 Å². The van der Waals surface area contributed by atoms with Crippen LogP contribution in [0.1, 0.15) is 23.2 Å². The molecule has 2 aromatic carbocycles. The van der Waals surface area contributed by atoms with Crippen LogP contribution in [0.2, 0.25) is 0 Å². The number of amides is 1. The van der Waals surface area contributed by atoms with Crippen LogP contribution in [-0.2, 0) is 0 Å². The predicted octanol–water partition coefficient (Wildman–Crippen LogP) is 3.49. The van der Waals surface area contributed by atoms with E-state index in [-0.39, 0.29) is 24.4 Å². The lowest BCUT2D eigenvalue weighted by atomic mass is 10.1. The third-order valence-corrected chi connectivity index (χ3v) is 4.32. The lowest BCUT2D eigenvalue weighted by molar-refractivity contribution is 0.0933. The van der Waals surface area contributed by atoms with Crippen LogP contribution in [0.5, 0.6) is 0 Å². The third kappa shape index (κ3) is 3.76. The van der Waals surface area contributed by atoms with Gasteiger partial charge in [0, 0.05) is 22.6 Å². The van der Waals surface area contributed by atoms with E-state index < -0.39 is 0 Å². The van der Waals surface area contributed by atoms with E-state index in [1.165, 1.54) is 12.8 Å². The maximum Gasteiger partial charge on any atom is 0.251 e. The Morgan fingerprint density at radius 2 is 1.90 bits per heavy atom. The minimum Gasteiger partial charge on any atom is -0.348 e. The number of hydrogen-bond acceptors (Lipinski definition) is 2. The van der Waals surface area contributed by atoms with Crippen LogP contribution in [0.3, 0.4) is 0 Å². The van der Waals surface area contributed by atoms with Crippen molar-refractivity contribution >= 4 is 45.0 Å². The van der Waals surface area contributed by atoms with Gasteiger partial charge in [-0.2, -0.15) is 0 Å². The van der Waals surface area contributed by atoms with E-state index in [9.17, 15) is 4.79 Å². The van der Waals surface area contributed by atoms with Gasteiger partial charge >= 0.3 is 0 Å². The van der Waals surface area contributed by atoms with E-state index in [0.29, 0.717) is 18.0 Å². The number of carbonyl (C=O) groups is 1. The molecule has 5 heteroatoms. The molecule has 0 aliphatic heterocycles. The summed E-state index contributed by atoms with van der Waals surface area (Å²) in [6.45, 7) is 0.511. The average molecular weight is 370 g/mol. The highest BCUT2D eigenvalue weighted by atomic mass is 79.9. The van der Waals surface area contributed by atoms with Crippen molar-refractivity contribution in [2.45, 2.75) is 18.9 Å². The van der Waals surface area contributed by atoms with E-state index in [4.69, 9.17) is 5.73 Å². The van der Waals surface area contributed by atoms with Crippen molar-refractivity contribution in [3.05, 3.63) is 46.4 Å². The number of hydrogen-bond donors (Lipinski definition) is 2. The Kier molecular flexibility index (Phi) is 5.25. The van der Waals surface area contributed by atoms with Crippen LogP contribution in [0, 0.1) is 5.92 Å². The molecule has 3 rings (SSSR count). The zero-order valence-corrected chi connectivity index (χ0v) is 13.9. The Morgan fingerprint density at radius 3 is 2.57 bits per heavy atom. The predicted molar refractivity (Wildman–Crippen MR) is 91.9 cm³/mol. The van der Waals surface area contributed by atoms with Crippen molar-refractivity contribution in [3.8, 4) is 0 Å². The molecule has 1 aliphatic carbocycles. The minimum absolute atomic E-state index is 0. The fourth-order valence-corrected chi connectivity index (χ4v) is 2.86. The Balaban J connectivity index is 0.00000161. The molecule has 1 aliphatic rings. The van der Waals surface area contributed by atoms with Crippen molar-refractivity contribution in [2.24, 2.45) is 11.7 Å². The Labute approximate surface area is 138 Å². The van der Waals surface area contributed by atoms with Crippen molar-refractivity contribution in [2.75, 3.05) is 6.54 Å². The molecule has 3 nitrogen and oxygen atoms in total. The summed E-state index contributed by atoms with van der Waals surface area (Å²) in [5.41, 5.74) is 6.42. The zero-order chi connectivity index (χ0) is 14.1. The van der Waals surface area contributed by atoms with Gasteiger partial charge in [0.05, 0.1) is 0 Å². The number of rotatable bonds is 4. The van der Waals surface area contributed by atoms with Crippen LogP contribution in [-0.4, -0.2) is 18.5 Å². The second kappa shape index (κ2) is 6.77. The minimum atomic E-state index is -0.0304.